The summed E-state index contributed by atoms with van der Waals surface area (Å²) in [6.07, 6.45) is 0. The van der Waals surface area contributed by atoms with Crippen LogP contribution >= 0.6 is 0 Å². The lowest BCUT2D eigenvalue weighted by Crippen LogP contribution is -2.09. The summed E-state index contributed by atoms with van der Waals surface area (Å²) < 4.78 is 6.65. The number of hydrogen-bond donors (Lipinski definition) is 0. The number of rotatable bonds is 5. The summed E-state index contributed by atoms with van der Waals surface area (Å²) in [6.45, 7) is 0. The number of benzene rings is 8. The van der Waals surface area contributed by atoms with Gasteiger partial charge in [0, 0.05) is 33.2 Å². The number of furan rings is 1. The summed E-state index contributed by atoms with van der Waals surface area (Å²) in [5, 5.41) is 7.18. The molecule has 0 aliphatic rings. The molecule has 0 spiro atoms. The molecule has 2 nitrogen and oxygen atoms in total. The van der Waals surface area contributed by atoms with Gasteiger partial charge in [0.1, 0.15) is 11.2 Å². The van der Waals surface area contributed by atoms with Crippen LogP contribution in [-0.2, 0) is 0 Å². The largest absolute Gasteiger partial charge is 0.455 e. The minimum atomic E-state index is 0.905. The third kappa shape index (κ3) is 4.35. The van der Waals surface area contributed by atoms with Gasteiger partial charge in [-0.2, -0.15) is 0 Å². The molecule has 0 N–H and O–H groups in total. The van der Waals surface area contributed by atoms with Crippen LogP contribution in [0.4, 0.5) is 17.1 Å². The van der Waals surface area contributed by atoms with Gasteiger partial charge >= 0.3 is 0 Å². The molecule has 8 aromatic carbocycles. The summed E-state index contributed by atoms with van der Waals surface area (Å²) in [5.74, 6) is 0. The Hall–Kier alpha value is -6.12. The van der Waals surface area contributed by atoms with Crippen LogP contribution in [0.15, 0.2) is 180 Å². The predicted octanol–water partition coefficient (Wildman–Crippen LogP) is 12.7. The number of nitrogens with zero attached hydrogens (tertiary/aromatic N) is 1. The first-order valence-electron chi connectivity index (χ1n) is 15.7. The summed E-state index contributed by atoms with van der Waals surface area (Å²) in [7, 11) is 0. The van der Waals surface area contributed by atoms with Crippen molar-refractivity contribution in [2.45, 2.75) is 0 Å². The summed E-state index contributed by atoms with van der Waals surface area (Å²) in [6, 6.07) is 62.5. The van der Waals surface area contributed by atoms with Gasteiger partial charge in [-0.05, 0) is 86.9 Å². The van der Waals surface area contributed by atoms with Gasteiger partial charge in [-0.15, -0.1) is 0 Å². The van der Waals surface area contributed by atoms with Crippen molar-refractivity contribution in [1.29, 1.82) is 0 Å². The number of hydrogen-bond acceptors (Lipinski definition) is 2. The molecule has 0 amide bonds. The Kier molecular flexibility index (Phi) is 6.17. The average molecular weight is 588 g/mol. The van der Waals surface area contributed by atoms with E-state index in [1.807, 2.05) is 0 Å². The molecule has 0 saturated heterocycles. The van der Waals surface area contributed by atoms with E-state index in [1.165, 1.54) is 32.7 Å². The molecule has 0 fully saturated rings. The Morgan fingerprint density at radius 2 is 0.783 bits per heavy atom. The number of anilines is 3. The highest BCUT2D eigenvalue weighted by atomic mass is 16.3. The van der Waals surface area contributed by atoms with Gasteiger partial charge in [-0.1, -0.05) is 127 Å². The first-order valence-corrected chi connectivity index (χ1v) is 15.7. The first kappa shape index (κ1) is 26.3. The fraction of sp³-hybridized carbons (Fsp3) is 0. The molecule has 0 unspecified atom stereocenters. The minimum Gasteiger partial charge on any atom is -0.455 e. The highest BCUT2D eigenvalue weighted by molar-refractivity contribution is 6.30. The third-order valence-corrected chi connectivity index (χ3v) is 9.05. The van der Waals surface area contributed by atoms with Crippen molar-refractivity contribution < 1.29 is 4.42 Å². The Morgan fingerprint density at radius 1 is 0.326 bits per heavy atom. The zero-order valence-electron chi connectivity index (χ0n) is 25.1. The minimum absolute atomic E-state index is 0.905. The summed E-state index contributed by atoms with van der Waals surface area (Å²) >= 11 is 0. The Bertz CT molecular complexity index is 2490. The van der Waals surface area contributed by atoms with Crippen LogP contribution in [0, 0.1) is 0 Å². The van der Waals surface area contributed by atoms with Crippen molar-refractivity contribution in [2.75, 3.05) is 4.90 Å². The third-order valence-electron chi connectivity index (χ3n) is 9.05. The molecule has 0 aliphatic heterocycles. The number of para-hydroxylation sites is 1. The molecule has 9 aromatic rings. The van der Waals surface area contributed by atoms with Crippen molar-refractivity contribution in [3.63, 3.8) is 0 Å². The van der Waals surface area contributed by atoms with Gasteiger partial charge < -0.3 is 9.32 Å². The van der Waals surface area contributed by atoms with E-state index in [1.54, 1.807) is 0 Å². The summed E-state index contributed by atoms with van der Waals surface area (Å²) in [5.41, 5.74) is 9.88. The van der Waals surface area contributed by atoms with Crippen molar-refractivity contribution in [3.8, 4) is 22.3 Å². The fourth-order valence-electron chi connectivity index (χ4n) is 6.85. The molecule has 0 atom stereocenters. The molecule has 9 rings (SSSR count). The molecular formula is C44H29NO. The SMILES string of the molecule is c1ccc(-c2ccc(N(c3ccccc3)c3ccc(-c4ccc5c(c4)oc4c6ccccc6c6ccccc6c54)cc3)cc2)cc1. The van der Waals surface area contributed by atoms with Crippen LogP contribution in [0.5, 0.6) is 0 Å². The van der Waals surface area contributed by atoms with Gasteiger partial charge in [-0.3, -0.25) is 0 Å². The normalized spacial score (nSPS) is 11.5. The van der Waals surface area contributed by atoms with Crippen LogP contribution in [-0.4, -0.2) is 0 Å². The van der Waals surface area contributed by atoms with E-state index in [2.05, 4.69) is 181 Å². The lowest BCUT2D eigenvalue weighted by molar-refractivity contribution is 0.673. The lowest BCUT2D eigenvalue weighted by atomic mass is 9.96. The van der Waals surface area contributed by atoms with Gasteiger partial charge in [0.25, 0.3) is 0 Å². The van der Waals surface area contributed by atoms with E-state index in [4.69, 9.17) is 4.42 Å². The molecule has 0 bridgehead atoms. The maximum atomic E-state index is 6.65. The molecule has 216 valence electrons. The van der Waals surface area contributed by atoms with Crippen molar-refractivity contribution in [1.82, 2.24) is 0 Å². The zero-order chi connectivity index (χ0) is 30.5. The van der Waals surface area contributed by atoms with Gasteiger partial charge in [-0.25, -0.2) is 0 Å². The average Bonchev–Trinajstić information content (AvgIpc) is 3.53. The second kappa shape index (κ2) is 10.8. The van der Waals surface area contributed by atoms with Crippen molar-refractivity contribution in [2.24, 2.45) is 0 Å². The van der Waals surface area contributed by atoms with E-state index < -0.39 is 0 Å². The van der Waals surface area contributed by atoms with Crippen LogP contribution < -0.4 is 4.90 Å². The van der Waals surface area contributed by atoms with E-state index in [0.29, 0.717) is 0 Å². The highest BCUT2D eigenvalue weighted by Gasteiger charge is 2.17. The topological polar surface area (TPSA) is 16.4 Å². The second-order valence-electron chi connectivity index (χ2n) is 11.7. The maximum Gasteiger partial charge on any atom is 0.143 e. The molecule has 2 heteroatoms. The molecule has 1 aromatic heterocycles. The quantitative estimate of drug-likeness (QED) is 0.186. The zero-order valence-corrected chi connectivity index (χ0v) is 25.1. The monoisotopic (exact) mass is 587 g/mol. The predicted molar refractivity (Wildman–Crippen MR) is 194 cm³/mol. The van der Waals surface area contributed by atoms with Gasteiger partial charge in [0.2, 0.25) is 0 Å². The second-order valence-corrected chi connectivity index (χ2v) is 11.7. The van der Waals surface area contributed by atoms with Crippen LogP contribution in [0.25, 0.3) is 65.7 Å². The van der Waals surface area contributed by atoms with Gasteiger partial charge in [0.15, 0.2) is 0 Å². The summed E-state index contributed by atoms with van der Waals surface area (Å²) in [4.78, 5) is 2.30. The Labute approximate surface area is 267 Å². The number of fused-ring (bicyclic) bond motifs is 8. The fourth-order valence-corrected chi connectivity index (χ4v) is 6.85. The van der Waals surface area contributed by atoms with E-state index in [-0.39, 0.29) is 0 Å². The lowest BCUT2D eigenvalue weighted by Gasteiger charge is -2.26. The van der Waals surface area contributed by atoms with Crippen LogP contribution in [0.2, 0.25) is 0 Å². The maximum absolute atomic E-state index is 6.65. The molecule has 1 heterocycles. The van der Waals surface area contributed by atoms with Crippen LogP contribution in [0.1, 0.15) is 0 Å². The Morgan fingerprint density at radius 3 is 1.43 bits per heavy atom. The smallest absolute Gasteiger partial charge is 0.143 e. The van der Waals surface area contributed by atoms with Crippen LogP contribution in [0.3, 0.4) is 0 Å². The van der Waals surface area contributed by atoms with E-state index >= 15 is 0 Å². The van der Waals surface area contributed by atoms with E-state index in [9.17, 15) is 0 Å². The highest BCUT2D eigenvalue weighted by Crippen LogP contribution is 2.42. The van der Waals surface area contributed by atoms with E-state index in [0.717, 1.165) is 50.1 Å². The molecule has 46 heavy (non-hydrogen) atoms. The molecule has 0 saturated carbocycles. The molecule has 0 aliphatic carbocycles. The van der Waals surface area contributed by atoms with Crippen molar-refractivity contribution >= 4 is 60.5 Å². The molecule has 0 radical (unpaired) electrons. The van der Waals surface area contributed by atoms with Gasteiger partial charge in [0.05, 0.1) is 0 Å². The van der Waals surface area contributed by atoms with Crippen molar-refractivity contribution in [3.05, 3.63) is 176 Å². The Balaban J connectivity index is 1.11. The molecular weight excluding hydrogens is 558 g/mol. The standard InChI is InChI=1S/C44H29NO/c1-3-11-30(12-4-1)31-19-24-35(25-20-31)45(34-13-5-2-6-14-34)36-26-21-32(22-27-36)33-23-28-41-42(29-33)46-44-40-18-10-8-16-38(40)37-15-7-9-17-39(37)43(41)44/h1-29H. The first-order chi connectivity index (χ1) is 22.8.